The molecule has 1 heterocycles. The Morgan fingerprint density at radius 1 is 1.19 bits per heavy atom. The lowest BCUT2D eigenvalue weighted by molar-refractivity contribution is -0.384. The predicted molar refractivity (Wildman–Crippen MR) is 98.5 cm³/mol. The summed E-state index contributed by atoms with van der Waals surface area (Å²) >= 11 is 0. The zero-order valence-corrected chi connectivity index (χ0v) is 14.5. The number of anilines is 1. The van der Waals surface area contributed by atoms with Crippen molar-refractivity contribution in [3.05, 3.63) is 70.3 Å². The van der Waals surface area contributed by atoms with E-state index in [4.69, 9.17) is 9.26 Å². The maximum absolute atomic E-state index is 12.0. The highest BCUT2D eigenvalue weighted by molar-refractivity contribution is 5.91. The fourth-order valence-electron chi connectivity index (χ4n) is 2.37. The topological polar surface area (TPSA) is 108 Å². The van der Waals surface area contributed by atoms with Crippen LogP contribution in [0.1, 0.15) is 12.5 Å². The number of hydrogen-bond donors (Lipinski definition) is 1. The molecule has 0 saturated carbocycles. The molecule has 0 spiro atoms. The maximum Gasteiger partial charge on any atom is 0.269 e. The average molecular weight is 367 g/mol. The lowest BCUT2D eigenvalue weighted by Gasteiger charge is -2.05. The first-order valence-electron chi connectivity index (χ1n) is 8.28. The van der Waals surface area contributed by atoms with E-state index in [2.05, 4.69) is 17.4 Å². The lowest BCUT2D eigenvalue weighted by atomic mass is 10.1. The highest BCUT2D eigenvalue weighted by Gasteiger charge is 2.11. The van der Waals surface area contributed by atoms with Gasteiger partial charge in [-0.1, -0.05) is 36.3 Å². The Hall–Kier alpha value is -3.68. The molecule has 0 saturated heterocycles. The number of nitro benzene ring substituents is 1. The minimum atomic E-state index is -0.506. The molecule has 0 aliphatic carbocycles. The Kier molecular flexibility index (Phi) is 5.46. The molecule has 0 aliphatic heterocycles. The number of nitrogens with zero attached hydrogens (tertiary/aromatic N) is 2. The summed E-state index contributed by atoms with van der Waals surface area (Å²) in [6.45, 7) is 1.82. The van der Waals surface area contributed by atoms with Crippen LogP contribution in [0.5, 0.6) is 5.75 Å². The number of carbonyl (C=O) groups is 1. The van der Waals surface area contributed by atoms with E-state index >= 15 is 0 Å². The zero-order valence-electron chi connectivity index (χ0n) is 14.5. The number of nitro groups is 1. The first kappa shape index (κ1) is 18.1. The third kappa shape index (κ3) is 4.69. The summed E-state index contributed by atoms with van der Waals surface area (Å²) in [5.74, 6) is 0.129. The van der Waals surface area contributed by atoms with Crippen molar-refractivity contribution in [2.24, 2.45) is 0 Å². The Balaban J connectivity index is 1.55. The van der Waals surface area contributed by atoms with Crippen LogP contribution in [0.3, 0.4) is 0 Å². The molecular weight excluding hydrogens is 350 g/mol. The Bertz CT molecular complexity index is 933. The van der Waals surface area contributed by atoms with Gasteiger partial charge in [0, 0.05) is 23.8 Å². The van der Waals surface area contributed by atoms with Crippen LogP contribution in [0.2, 0.25) is 0 Å². The fraction of sp³-hybridized carbons (Fsp3) is 0.158. The molecule has 1 N–H and O–H groups in total. The van der Waals surface area contributed by atoms with Gasteiger partial charge in [-0.2, -0.15) is 0 Å². The minimum absolute atomic E-state index is 0.0482. The van der Waals surface area contributed by atoms with Crippen molar-refractivity contribution in [2.75, 3.05) is 11.9 Å². The molecule has 3 aromatic rings. The number of rotatable bonds is 7. The van der Waals surface area contributed by atoms with Crippen molar-refractivity contribution >= 4 is 17.5 Å². The van der Waals surface area contributed by atoms with Gasteiger partial charge >= 0.3 is 0 Å². The van der Waals surface area contributed by atoms with Gasteiger partial charge in [-0.15, -0.1) is 0 Å². The van der Waals surface area contributed by atoms with Crippen molar-refractivity contribution in [2.45, 2.75) is 13.3 Å². The summed E-state index contributed by atoms with van der Waals surface area (Å²) in [5.41, 5.74) is 2.68. The van der Waals surface area contributed by atoms with Crippen LogP contribution in [0, 0.1) is 10.1 Å². The maximum atomic E-state index is 12.0. The number of ether oxygens (including phenoxy) is 1. The van der Waals surface area contributed by atoms with Gasteiger partial charge in [-0.05, 0) is 24.1 Å². The molecule has 2 aromatic carbocycles. The van der Waals surface area contributed by atoms with Crippen LogP contribution in [0.15, 0.2) is 59.1 Å². The number of aryl methyl sites for hydroxylation is 1. The Morgan fingerprint density at radius 2 is 1.89 bits per heavy atom. The number of hydrogen-bond acceptors (Lipinski definition) is 6. The first-order valence-corrected chi connectivity index (χ1v) is 8.28. The Labute approximate surface area is 154 Å². The lowest BCUT2D eigenvalue weighted by Crippen LogP contribution is -2.19. The van der Waals surface area contributed by atoms with Crippen molar-refractivity contribution in [3.8, 4) is 17.0 Å². The van der Waals surface area contributed by atoms with E-state index in [0.29, 0.717) is 11.4 Å². The number of nitrogens with one attached hydrogen (secondary N) is 1. The molecular formula is C19H17N3O5. The molecule has 0 unspecified atom stereocenters. The minimum Gasteiger partial charge on any atom is -0.484 e. The van der Waals surface area contributed by atoms with E-state index in [1.54, 1.807) is 6.07 Å². The van der Waals surface area contributed by atoms with Gasteiger partial charge in [0.2, 0.25) is 5.88 Å². The average Bonchev–Trinajstić information content (AvgIpc) is 3.15. The second-order valence-corrected chi connectivity index (χ2v) is 5.71. The van der Waals surface area contributed by atoms with E-state index < -0.39 is 10.8 Å². The summed E-state index contributed by atoms with van der Waals surface area (Å²) in [7, 11) is 0. The molecule has 27 heavy (non-hydrogen) atoms. The van der Waals surface area contributed by atoms with E-state index in [0.717, 1.165) is 12.0 Å². The van der Waals surface area contributed by atoms with Gasteiger partial charge in [0.25, 0.3) is 11.6 Å². The number of aromatic nitrogens is 1. The van der Waals surface area contributed by atoms with Gasteiger partial charge in [0.15, 0.2) is 6.61 Å². The molecule has 1 amide bonds. The molecule has 0 bridgehead atoms. The number of amides is 1. The molecule has 8 heteroatoms. The van der Waals surface area contributed by atoms with E-state index in [1.165, 1.54) is 29.8 Å². The van der Waals surface area contributed by atoms with Crippen LogP contribution >= 0.6 is 0 Å². The number of carbonyl (C=O) groups excluding carboxylic acids is 1. The summed E-state index contributed by atoms with van der Waals surface area (Å²) in [4.78, 5) is 22.1. The molecule has 0 fully saturated rings. The smallest absolute Gasteiger partial charge is 0.269 e. The standard InChI is InChI=1S/C19H17N3O5/c1-2-13-3-5-14(6-4-13)17-11-19(27-21-17)20-18(23)12-26-16-9-7-15(8-10-16)22(24)25/h3-11H,2,12H2,1H3,(H,20,23). The molecule has 0 aliphatic rings. The molecule has 138 valence electrons. The molecule has 3 rings (SSSR count). The second kappa shape index (κ2) is 8.13. The first-order chi connectivity index (χ1) is 13.0. The number of benzene rings is 2. The molecule has 1 aromatic heterocycles. The van der Waals surface area contributed by atoms with E-state index in [-0.39, 0.29) is 18.2 Å². The summed E-state index contributed by atoms with van der Waals surface area (Å²) in [6.07, 6.45) is 0.954. The van der Waals surface area contributed by atoms with Crippen LogP contribution in [-0.4, -0.2) is 22.6 Å². The summed E-state index contributed by atoms with van der Waals surface area (Å²) in [6, 6.07) is 15.0. The number of non-ortho nitro benzene ring substituents is 1. The Morgan fingerprint density at radius 3 is 2.52 bits per heavy atom. The van der Waals surface area contributed by atoms with Crippen molar-refractivity contribution in [3.63, 3.8) is 0 Å². The van der Waals surface area contributed by atoms with Gasteiger partial charge in [-0.25, -0.2) is 0 Å². The summed E-state index contributed by atoms with van der Waals surface area (Å²) < 4.78 is 10.4. The third-order valence-electron chi connectivity index (χ3n) is 3.85. The van der Waals surface area contributed by atoms with Crippen molar-refractivity contribution < 1.29 is 19.0 Å². The summed E-state index contributed by atoms with van der Waals surface area (Å²) in [5, 5.41) is 17.1. The predicted octanol–water partition coefficient (Wildman–Crippen LogP) is 3.83. The van der Waals surface area contributed by atoms with Gasteiger partial charge in [0.05, 0.1) is 4.92 Å². The van der Waals surface area contributed by atoms with E-state index in [1.807, 2.05) is 24.3 Å². The largest absolute Gasteiger partial charge is 0.484 e. The quantitative estimate of drug-likeness (QED) is 0.502. The second-order valence-electron chi connectivity index (χ2n) is 5.71. The monoisotopic (exact) mass is 367 g/mol. The normalized spacial score (nSPS) is 10.4. The highest BCUT2D eigenvalue weighted by atomic mass is 16.6. The van der Waals surface area contributed by atoms with E-state index in [9.17, 15) is 14.9 Å². The third-order valence-corrected chi connectivity index (χ3v) is 3.85. The molecule has 8 nitrogen and oxygen atoms in total. The van der Waals surface area contributed by atoms with Gasteiger partial charge < -0.3 is 9.26 Å². The zero-order chi connectivity index (χ0) is 19.2. The SMILES string of the molecule is CCc1ccc(-c2cc(NC(=O)COc3ccc([N+](=O)[O-])cc3)on2)cc1. The van der Waals surface area contributed by atoms with Gasteiger partial charge in [-0.3, -0.25) is 20.2 Å². The molecule has 0 atom stereocenters. The van der Waals surface area contributed by atoms with Crippen LogP contribution < -0.4 is 10.1 Å². The van der Waals surface area contributed by atoms with Crippen LogP contribution in [0.25, 0.3) is 11.3 Å². The molecule has 0 radical (unpaired) electrons. The van der Waals surface area contributed by atoms with Crippen LogP contribution in [0.4, 0.5) is 11.6 Å². The van der Waals surface area contributed by atoms with Gasteiger partial charge in [0.1, 0.15) is 11.4 Å². The fourth-order valence-corrected chi connectivity index (χ4v) is 2.37. The van der Waals surface area contributed by atoms with Crippen molar-refractivity contribution in [1.82, 2.24) is 5.16 Å². The highest BCUT2D eigenvalue weighted by Crippen LogP contribution is 2.22. The van der Waals surface area contributed by atoms with Crippen molar-refractivity contribution in [1.29, 1.82) is 0 Å². The van der Waals surface area contributed by atoms with Crippen LogP contribution in [-0.2, 0) is 11.2 Å².